The van der Waals surface area contributed by atoms with Gasteiger partial charge in [0.05, 0.1) is 5.39 Å². The van der Waals surface area contributed by atoms with Crippen LogP contribution in [0.1, 0.15) is 35.8 Å². The van der Waals surface area contributed by atoms with Crippen LogP contribution in [-0.4, -0.2) is 82.9 Å². The molecule has 3 heterocycles. The van der Waals surface area contributed by atoms with Crippen LogP contribution in [-0.2, 0) is 15.1 Å². The molecule has 0 saturated carbocycles. The number of H-pyrrole nitrogens is 1. The van der Waals surface area contributed by atoms with Crippen molar-refractivity contribution in [2.45, 2.75) is 25.4 Å². The molecule has 3 N–H and O–H groups in total. The number of fused-ring (bicyclic) bond motifs is 1. The number of anilines is 1. The van der Waals surface area contributed by atoms with Gasteiger partial charge in [0.15, 0.2) is 5.82 Å². The molecule has 1 saturated heterocycles. The van der Waals surface area contributed by atoms with E-state index in [9.17, 15) is 14.4 Å². The molecular formula is C31H35N7O4. The lowest BCUT2D eigenvalue weighted by Gasteiger charge is -2.41. The van der Waals surface area contributed by atoms with Crippen LogP contribution in [0.25, 0.3) is 22.4 Å². The number of hydrogen-bond donors (Lipinski definition) is 3. The van der Waals surface area contributed by atoms with Gasteiger partial charge < -0.3 is 30.2 Å². The Morgan fingerprint density at radius 1 is 0.976 bits per heavy atom. The molecule has 11 nitrogen and oxygen atoms in total. The van der Waals surface area contributed by atoms with Crippen LogP contribution in [0.3, 0.4) is 0 Å². The zero-order valence-corrected chi connectivity index (χ0v) is 24.0. The maximum absolute atomic E-state index is 13.7. The van der Waals surface area contributed by atoms with Gasteiger partial charge in [-0.1, -0.05) is 60.7 Å². The van der Waals surface area contributed by atoms with Crippen LogP contribution >= 0.6 is 0 Å². The SMILES string of the molecule is CC(=O)NCCNc1nc(-c2ccccc2)nc2[nH]c(C(=O)N3CCC(OC(=O)N(C)C)(c4ccccc4)CC3)cc12. The average Bonchev–Trinajstić information content (AvgIpc) is 3.44. The summed E-state index contributed by atoms with van der Waals surface area (Å²) in [4.78, 5) is 53.4. The molecule has 1 aliphatic rings. The standard InChI is InChI=1S/C31H35N7O4/c1-21(39)32-16-17-33-27-24-20-25(34-28(24)36-26(35-27)22-10-6-4-7-11-22)29(40)38-18-14-31(15-19-38,42-30(41)37(2)3)23-12-8-5-9-13-23/h4-13,20H,14-19H2,1-3H3,(H,32,39)(H2,33,34,35,36). The minimum Gasteiger partial charge on any atom is -0.438 e. The third-order valence-corrected chi connectivity index (χ3v) is 7.35. The predicted molar refractivity (Wildman–Crippen MR) is 160 cm³/mol. The Balaban J connectivity index is 1.39. The summed E-state index contributed by atoms with van der Waals surface area (Å²) in [7, 11) is 3.31. The Morgan fingerprint density at radius 3 is 2.29 bits per heavy atom. The summed E-state index contributed by atoms with van der Waals surface area (Å²) in [5, 5.41) is 6.72. The first-order valence-corrected chi connectivity index (χ1v) is 14.0. The number of likely N-dealkylation sites (tertiary alicyclic amines) is 1. The summed E-state index contributed by atoms with van der Waals surface area (Å²) in [5.41, 5.74) is 1.86. The highest BCUT2D eigenvalue weighted by atomic mass is 16.6. The topological polar surface area (TPSA) is 133 Å². The summed E-state index contributed by atoms with van der Waals surface area (Å²) in [6.45, 7) is 3.16. The minimum absolute atomic E-state index is 0.113. The van der Waals surface area contributed by atoms with Gasteiger partial charge >= 0.3 is 6.09 Å². The Kier molecular flexibility index (Phi) is 8.37. The summed E-state index contributed by atoms with van der Waals surface area (Å²) in [6.07, 6.45) is 0.521. The molecule has 0 unspecified atom stereocenters. The first kappa shape index (κ1) is 28.6. The van der Waals surface area contributed by atoms with E-state index in [-0.39, 0.29) is 11.8 Å². The highest BCUT2D eigenvalue weighted by Crippen LogP contribution is 2.38. The van der Waals surface area contributed by atoms with E-state index in [2.05, 4.69) is 15.6 Å². The van der Waals surface area contributed by atoms with Crippen LogP contribution in [0.4, 0.5) is 10.6 Å². The fraction of sp³-hybridized carbons (Fsp3) is 0.323. The molecule has 4 aromatic rings. The van der Waals surface area contributed by atoms with Gasteiger partial charge in [-0.25, -0.2) is 14.8 Å². The number of hydrogen-bond acceptors (Lipinski definition) is 7. The van der Waals surface area contributed by atoms with Gasteiger partial charge in [-0.2, -0.15) is 0 Å². The number of piperidine rings is 1. The predicted octanol–water partition coefficient (Wildman–Crippen LogP) is 4.00. The van der Waals surface area contributed by atoms with E-state index in [1.807, 2.05) is 60.7 Å². The molecule has 1 aliphatic heterocycles. The molecule has 42 heavy (non-hydrogen) atoms. The van der Waals surface area contributed by atoms with Crippen molar-refractivity contribution in [3.05, 3.63) is 78.0 Å². The Bertz CT molecular complexity index is 1560. The molecule has 0 radical (unpaired) electrons. The maximum Gasteiger partial charge on any atom is 0.410 e. The molecule has 1 fully saturated rings. The molecule has 218 valence electrons. The number of carbonyl (C=O) groups excluding carboxylic acids is 3. The number of amides is 3. The first-order chi connectivity index (χ1) is 20.3. The van der Waals surface area contributed by atoms with Gasteiger partial charge in [-0.15, -0.1) is 0 Å². The van der Waals surface area contributed by atoms with Crippen molar-refractivity contribution >= 4 is 34.8 Å². The number of ether oxygens (including phenoxy) is 1. The lowest BCUT2D eigenvalue weighted by molar-refractivity contribution is -0.118. The van der Waals surface area contributed by atoms with Crippen molar-refractivity contribution in [2.24, 2.45) is 0 Å². The highest BCUT2D eigenvalue weighted by molar-refractivity contribution is 6.00. The molecule has 0 bridgehead atoms. The van der Waals surface area contributed by atoms with Crippen molar-refractivity contribution in [3.8, 4) is 11.4 Å². The number of nitrogens with one attached hydrogen (secondary N) is 3. The van der Waals surface area contributed by atoms with E-state index < -0.39 is 11.7 Å². The monoisotopic (exact) mass is 569 g/mol. The third-order valence-electron chi connectivity index (χ3n) is 7.35. The largest absolute Gasteiger partial charge is 0.438 e. The molecule has 0 aliphatic carbocycles. The van der Waals surface area contributed by atoms with Crippen molar-refractivity contribution in [1.29, 1.82) is 0 Å². The van der Waals surface area contributed by atoms with Crippen molar-refractivity contribution < 1.29 is 19.1 Å². The van der Waals surface area contributed by atoms with E-state index in [4.69, 9.17) is 14.7 Å². The van der Waals surface area contributed by atoms with Crippen molar-refractivity contribution in [1.82, 2.24) is 30.1 Å². The average molecular weight is 570 g/mol. The molecule has 2 aromatic carbocycles. The fourth-order valence-electron chi connectivity index (χ4n) is 5.09. The number of carbonyl (C=O) groups is 3. The summed E-state index contributed by atoms with van der Waals surface area (Å²) < 4.78 is 6.03. The molecular weight excluding hydrogens is 534 g/mol. The van der Waals surface area contributed by atoms with Gasteiger partial charge in [-0.3, -0.25) is 9.59 Å². The van der Waals surface area contributed by atoms with Crippen LogP contribution in [0.2, 0.25) is 0 Å². The molecule has 5 rings (SSSR count). The minimum atomic E-state index is -0.819. The lowest BCUT2D eigenvalue weighted by Crippen LogP contribution is -2.48. The van der Waals surface area contributed by atoms with Gasteiger partial charge in [0.2, 0.25) is 5.91 Å². The molecule has 11 heteroatoms. The number of aromatic amines is 1. The quantitative estimate of drug-likeness (QED) is 0.273. The van der Waals surface area contributed by atoms with Gasteiger partial charge in [0.25, 0.3) is 5.91 Å². The van der Waals surface area contributed by atoms with Crippen LogP contribution in [0.15, 0.2) is 66.7 Å². The molecule has 0 spiro atoms. The molecule has 0 atom stereocenters. The van der Waals surface area contributed by atoms with Gasteiger partial charge in [0.1, 0.15) is 22.8 Å². The highest BCUT2D eigenvalue weighted by Gasteiger charge is 2.41. The summed E-state index contributed by atoms with van der Waals surface area (Å²) in [5.74, 6) is 0.800. The molecule has 2 aromatic heterocycles. The van der Waals surface area contributed by atoms with E-state index in [1.165, 1.54) is 11.8 Å². The first-order valence-electron chi connectivity index (χ1n) is 14.0. The van der Waals surface area contributed by atoms with E-state index >= 15 is 0 Å². The number of aromatic nitrogens is 3. The van der Waals surface area contributed by atoms with Crippen LogP contribution in [0, 0.1) is 0 Å². The molecule has 3 amide bonds. The Morgan fingerprint density at radius 2 is 1.64 bits per heavy atom. The Labute approximate surface area is 244 Å². The third kappa shape index (κ3) is 6.19. The second-order valence-corrected chi connectivity index (χ2v) is 10.5. The van der Waals surface area contributed by atoms with Crippen molar-refractivity contribution in [2.75, 3.05) is 45.6 Å². The maximum atomic E-state index is 13.7. The Hall–Kier alpha value is -4.93. The lowest BCUT2D eigenvalue weighted by atomic mass is 9.84. The van der Waals surface area contributed by atoms with E-state index in [0.717, 1.165) is 11.1 Å². The summed E-state index contributed by atoms with van der Waals surface area (Å²) >= 11 is 0. The van der Waals surface area contributed by atoms with Crippen molar-refractivity contribution in [3.63, 3.8) is 0 Å². The zero-order chi connectivity index (χ0) is 29.7. The number of rotatable bonds is 8. The van der Waals surface area contributed by atoms with Gasteiger partial charge in [0, 0.05) is 65.6 Å². The second kappa shape index (κ2) is 12.3. The smallest absolute Gasteiger partial charge is 0.410 e. The van der Waals surface area contributed by atoms with Crippen LogP contribution < -0.4 is 10.6 Å². The fourth-order valence-corrected chi connectivity index (χ4v) is 5.09. The zero-order valence-electron chi connectivity index (χ0n) is 24.0. The van der Waals surface area contributed by atoms with E-state index in [0.29, 0.717) is 67.4 Å². The van der Waals surface area contributed by atoms with Crippen LogP contribution in [0.5, 0.6) is 0 Å². The van der Waals surface area contributed by atoms with E-state index in [1.54, 1.807) is 25.1 Å². The number of benzene rings is 2. The number of nitrogens with zero attached hydrogens (tertiary/aromatic N) is 4. The normalized spacial score (nSPS) is 14.3. The van der Waals surface area contributed by atoms with Gasteiger partial charge in [-0.05, 0) is 11.6 Å². The second-order valence-electron chi connectivity index (χ2n) is 10.5. The summed E-state index contributed by atoms with van der Waals surface area (Å²) in [6, 6.07) is 21.1.